The van der Waals surface area contributed by atoms with Gasteiger partial charge in [-0.05, 0) is 44.0 Å². The Morgan fingerprint density at radius 3 is 2.55 bits per heavy atom. The molecule has 0 saturated carbocycles. The summed E-state index contributed by atoms with van der Waals surface area (Å²) in [4.78, 5) is 41.1. The van der Waals surface area contributed by atoms with E-state index in [2.05, 4.69) is 25.9 Å². The van der Waals surface area contributed by atoms with E-state index in [1.807, 2.05) is 4.90 Å². The number of fused-ring (bicyclic) bond motifs is 1. The minimum atomic E-state index is -1.09. The summed E-state index contributed by atoms with van der Waals surface area (Å²) in [6.07, 6.45) is 2.67. The molecule has 3 N–H and O–H groups in total. The van der Waals surface area contributed by atoms with Gasteiger partial charge in [-0.3, -0.25) is 29.9 Å². The Balaban J connectivity index is 1.35. The van der Waals surface area contributed by atoms with Gasteiger partial charge in [0.05, 0.1) is 23.8 Å². The number of nitrogens with zero attached hydrogens (tertiary/aromatic N) is 4. The number of piperidine rings is 1. The predicted octanol–water partition coefficient (Wildman–Crippen LogP) is -0.598. The highest BCUT2D eigenvalue weighted by Crippen LogP contribution is 2.26. The SMILES string of the molecule is O=C1CNC(n2ncc3cc(F)c(N4CCN(CC5CCNCC5)CC4)cc3c2=O)C(=O)N1. The van der Waals surface area contributed by atoms with Crippen molar-refractivity contribution in [2.24, 2.45) is 5.92 Å². The first kappa shape index (κ1) is 21.9. The monoisotopic (exact) mass is 457 g/mol. The van der Waals surface area contributed by atoms with Crippen LogP contribution in [-0.4, -0.2) is 78.9 Å². The van der Waals surface area contributed by atoms with Crippen molar-refractivity contribution in [2.75, 3.05) is 57.3 Å². The predicted molar refractivity (Wildman–Crippen MR) is 120 cm³/mol. The first-order chi connectivity index (χ1) is 16.0. The molecular weight excluding hydrogens is 429 g/mol. The van der Waals surface area contributed by atoms with Crippen LogP contribution in [0.1, 0.15) is 19.0 Å². The van der Waals surface area contributed by atoms with Crippen molar-refractivity contribution in [2.45, 2.75) is 19.0 Å². The molecule has 11 heteroatoms. The van der Waals surface area contributed by atoms with Crippen LogP contribution in [0, 0.1) is 11.7 Å². The van der Waals surface area contributed by atoms with Crippen molar-refractivity contribution in [3.8, 4) is 0 Å². The number of amides is 2. The summed E-state index contributed by atoms with van der Waals surface area (Å²) in [7, 11) is 0. The maximum absolute atomic E-state index is 15.0. The number of piperazine rings is 2. The van der Waals surface area contributed by atoms with E-state index < -0.39 is 29.4 Å². The fraction of sp³-hybridized carbons (Fsp3) is 0.545. The van der Waals surface area contributed by atoms with Crippen LogP contribution in [0.25, 0.3) is 10.8 Å². The first-order valence-electron chi connectivity index (χ1n) is 11.5. The highest BCUT2D eigenvalue weighted by Gasteiger charge is 2.30. The average Bonchev–Trinajstić information content (AvgIpc) is 2.81. The number of carbonyl (C=O) groups is 2. The Bertz CT molecular complexity index is 1120. The standard InChI is InChI=1S/C22H28FN7O3/c23-17-9-15-11-26-30(20-21(32)27-19(31)12-25-20)22(33)16(15)10-18(17)29-7-5-28(6-8-29)13-14-1-3-24-4-2-14/h9-11,14,20,24-25H,1-8,12-13H2,(H,27,31,32). The quantitative estimate of drug-likeness (QED) is 0.522. The molecule has 5 rings (SSSR count). The number of anilines is 1. The molecule has 0 radical (unpaired) electrons. The number of halogens is 1. The van der Waals surface area contributed by atoms with Crippen LogP contribution < -0.4 is 26.4 Å². The summed E-state index contributed by atoms with van der Waals surface area (Å²) in [5.41, 5.74) is -0.129. The number of benzene rings is 1. The van der Waals surface area contributed by atoms with E-state index in [4.69, 9.17) is 0 Å². The fourth-order valence-corrected chi connectivity index (χ4v) is 4.93. The molecular formula is C22H28FN7O3. The smallest absolute Gasteiger partial charge is 0.276 e. The molecule has 0 spiro atoms. The van der Waals surface area contributed by atoms with Crippen LogP contribution >= 0.6 is 0 Å². The number of nitrogens with one attached hydrogen (secondary N) is 3. The van der Waals surface area contributed by atoms with Crippen molar-refractivity contribution in [3.05, 3.63) is 34.5 Å². The normalized spacial score (nSPS) is 23.2. The van der Waals surface area contributed by atoms with Crippen LogP contribution in [-0.2, 0) is 9.59 Å². The van der Waals surface area contributed by atoms with Gasteiger partial charge >= 0.3 is 0 Å². The molecule has 3 aliphatic rings. The number of imide groups is 1. The van der Waals surface area contributed by atoms with Crippen molar-refractivity contribution in [1.29, 1.82) is 0 Å². The fourth-order valence-electron chi connectivity index (χ4n) is 4.93. The number of carbonyl (C=O) groups excluding carboxylic acids is 2. The zero-order chi connectivity index (χ0) is 22.9. The summed E-state index contributed by atoms with van der Waals surface area (Å²) in [6, 6.07) is 2.88. The molecule has 0 aliphatic carbocycles. The molecule has 2 aromatic rings. The van der Waals surface area contributed by atoms with Gasteiger partial charge in [-0.25, -0.2) is 9.07 Å². The van der Waals surface area contributed by atoms with E-state index in [1.54, 1.807) is 6.07 Å². The van der Waals surface area contributed by atoms with E-state index in [-0.39, 0.29) is 11.9 Å². The first-order valence-corrected chi connectivity index (χ1v) is 11.5. The Labute approximate surface area is 190 Å². The van der Waals surface area contributed by atoms with Crippen LogP contribution in [0.15, 0.2) is 23.1 Å². The number of rotatable bonds is 4. The van der Waals surface area contributed by atoms with Gasteiger partial charge in [-0.15, -0.1) is 0 Å². The molecule has 3 saturated heterocycles. The number of aromatic nitrogens is 2. The average molecular weight is 458 g/mol. The summed E-state index contributed by atoms with van der Waals surface area (Å²) in [5.74, 6) is -0.796. The molecule has 1 unspecified atom stereocenters. The highest BCUT2D eigenvalue weighted by atomic mass is 19.1. The van der Waals surface area contributed by atoms with Crippen molar-refractivity contribution in [3.63, 3.8) is 0 Å². The lowest BCUT2D eigenvalue weighted by Gasteiger charge is -2.38. The van der Waals surface area contributed by atoms with Gasteiger partial charge in [0, 0.05) is 38.1 Å². The van der Waals surface area contributed by atoms with E-state index in [0.717, 1.165) is 37.4 Å². The van der Waals surface area contributed by atoms with Crippen molar-refractivity contribution >= 4 is 28.3 Å². The minimum Gasteiger partial charge on any atom is -0.367 e. The molecule has 4 heterocycles. The number of hydrogen-bond donors (Lipinski definition) is 3. The molecule has 1 aromatic heterocycles. The second kappa shape index (κ2) is 9.16. The molecule has 10 nitrogen and oxygen atoms in total. The van der Waals surface area contributed by atoms with Gasteiger partial charge < -0.3 is 10.2 Å². The summed E-state index contributed by atoms with van der Waals surface area (Å²) in [5, 5.41) is 13.0. The Kier molecular flexibility index (Phi) is 6.09. The molecule has 33 heavy (non-hydrogen) atoms. The third-order valence-electron chi connectivity index (χ3n) is 6.78. The van der Waals surface area contributed by atoms with Gasteiger partial charge in [-0.2, -0.15) is 5.10 Å². The van der Waals surface area contributed by atoms with Gasteiger partial charge in [-0.1, -0.05) is 0 Å². The van der Waals surface area contributed by atoms with E-state index >= 15 is 0 Å². The second-order valence-corrected chi connectivity index (χ2v) is 8.96. The molecule has 3 fully saturated rings. The van der Waals surface area contributed by atoms with Crippen molar-refractivity contribution in [1.82, 2.24) is 30.6 Å². The highest BCUT2D eigenvalue weighted by molar-refractivity contribution is 6.00. The van der Waals surface area contributed by atoms with Gasteiger partial charge in [0.25, 0.3) is 11.5 Å². The van der Waals surface area contributed by atoms with Crippen molar-refractivity contribution < 1.29 is 14.0 Å². The second-order valence-electron chi connectivity index (χ2n) is 8.96. The largest absolute Gasteiger partial charge is 0.367 e. The zero-order valence-electron chi connectivity index (χ0n) is 18.3. The molecule has 1 atom stereocenters. The lowest BCUT2D eigenvalue weighted by atomic mass is 9.97. The third-order valence-corrected chi connectivity index (χ3v) is 6.78. The molecule has 2 amide bonds. The van der Waals surface area contributed by atoms with Gasteiger partial charge in [0.15, 0.2) is 6.17 Å². The summed E-state index contributed by atoms with van der Waals surface area (Å²) >= 11 is 0. The molecule has 3 aliphatic heterocycles. The molecule has 0 bridgehead atoms. The maximum Gasteiger partial charge on any atom is 0.276 e. The Morgan fingerprint density at radius 1 is 1.06 bits per heavy atom. The van der Waals surface area contributed by atoms with Gasteiger partial charge in [0.1, 0.15) is 5.82 Å². The Morgan fingerprint density at radius 2 is 1.82 bits per heavy atom. The number of hydrogen-bond acceptors (Lipinski definition) is 8. The zero-order valence-corrected chi connectivity index (χ0v) is 18.3. The van der Waals surface area contributed by atoms with E-state index in [9.17, 15) is 18.8 Å². The topological polar surface area (TPSA) is 112 Å². The molecule has 1 aromatic carbocycles. The van der Waals surface area contributed by atoms with Crippen LogP contribution in [0.3, 0.4) is 0 Å². The lowest BCUT2D eigenvalue weighted by Crippen LogP contribution is -2.55. The maximum atomic E-state index is 15.0. The summed E-state index contributed by atoms with van der Waals surface area (Å²) in [6.45, 7) is 6.19. The lowest BCUT2D eigenvalue weighted by molar-refractivity contribution is -0.136. The van der Waals surface area contributed by atoms with E-state index in [0.29, 0.717) is 30.1 Å². The molecule has 176 valence electrons. The van der Waals surface area contributed by atoms with Gasteiger partial charge in [0.2, 0.25) is 5.91 Å². The van der Waals surface area contributed by atoms with E-state index in [1.165, 1.54) is 25.1 Å². The summed E-state index contributed by atoms with van der Waals surface area (Å²) < 4.78 is 16.0. The minimum absolute atomic E-state index is 0.0983. The van der Waals surface area contributed by atoms with Crippen LogP contribution in [0.4, 0.5) is 10.1 Å². The van der Waals surface area contributed by atoms with Crippen LogP contribution in [0.2, 0.25) is 0 Å². The Hall–Kier alpha value is -2.89. The third kappa shape index (κ3) is 4.48. The van der Waals surface area contributed by atoms with Crippen LogP contribution in [0.5, 0.6) is 0 Å².